The van der Waals surface area contributed by atoms with Gasteiger partial charge in [0, 0.05) is 6.42 Å². The second kappa shape index (κ2) is 7.94. The highest BCUT2D eigenvalue weighted by Crippen LogP contribution is 2.20. The second-order valence-electron chi connectivity index (χ2n) is 5.10. The molecule has 3 nitrogen and oxygen atoms in total. The predicted molar refractivity (Wildman–Crippen MR) is 78.7 cm³/mol. The molecule has 1 aromatic carbocycles. The summed E-state index contributed by atoms with van der Waals surface area (Å²) in [6.45, 7) is 2.74. The summed E-state index contributed by atoms with van der Waals surface area (Å²) in [5.41, 5.74) is 1.23. The van der Waals surface area contributed by atoms with Gasteiger partial charge >= 0.3 is 0 Å². The average Bonchev–Trinajstić information content (AvgIpc) is 2.47. The summed E-state index contributed by atoms with van der Waals surface area (Å²) in [7, 11) is 0. The van der Waals surface area contributed by atoms with E-state index in [1.54, 1.807) is 0 Å². The molecule has 2 rings (SSSR count). The fourth-order valence-corrected chi connectivity index (χ4v) is 2.19. The number of rotatable bonds is 4. The Balaban J connectivity index is 1.78. The SMILES string of the molecule is Cc1ccc(OC[C@@H]2CCC[C@@H](C#CCCO)O2)cc1. The summed E-state index contributed by atoms with van der Waals surface area (Å²) in [6.07, 6.45) is 3.72. The van der Waals surface area contributed by atoms with Crippen LogP contribution < -0.4 is 4.74 Å². The Bertz CT molecular complexity index is 455. The number of aliphatic hydroxyl groups excluding tert-OH is 1. The molecule has 3 heteroatoms. The third-order valence-electron chi connectivity index (χ3n) is 3.31. The molecule has 20 heavy (non-hydrogen) atoms. The van der Waals surface area contributed by atoms with E-state index in [9.17, 15) is 0 Å². The van der Waals surface area contributed by atoms with Crippen LogP contribution in [0.1, 0.15) is 31.2 Å². The third kappa shape index (κ3) is 4.88. The smallest absolute Gasteiger partial charge is 0.119 e. The van der Waals surface area contributed by atoms with Gasteiger partial charge in [-0.25, -0.2) is 0 Å². The van der Waals surface area contributed by atoms with E-state index >= 15 is 0 Å². The molecule has 0 radical (unpaired) electrons. The molecule has 0 aliphatic carbocycles. The maximum atomic E-state index is 8.71. The lowest BCUT2D eigenvalue weighted by atomic mass is 10.0. The van der Waals surface area contributed by atoms with Gasteiger partial charge in [0.2, 0.25) is 0 Å². The van der Waals surface area contributed by atoms with Crippen LogP contribution in [0.2, 0.25) is 0 Å². The van der Waals surface area contributed by atoms with Crippen molar-refractivity contribution in [2.45, 2.75) is 44.8 Å². The first-order valence-corrected chi connectivity index (χ1v) is 7.22. The Morgan fingerprint density at radius 2 is 2.10 bits per heavy atom. The van der Waals surface area contributed by atoms with E-state index in [0.717, 1.165) is 25.0 Å². The van der Waals surface area contributed by atoms with Gasteiger partial charge < -0.3 is 14.6 Å². The molecule has 0 saturated carbocycles. The first-order valence-electron chi connectivity index (χ1n) is 7.22. The minimum Gasteiger partial charge on any atom is -0.491 e. The summed E-state index contributed by atoms with van der Waals surface area (Å²) >= 11 is 0. The molecule has 1 aliphatic rings. The highest BCUT2D eigenvalue weighted by atomic mass is 16.5. The van der Waals surface area contributed by atoms with Crippen molar-refractivity contribution in [1.29, 1.82) is 0 Å². The van der Waals surface area contributed by atoms with Crippen LogP contribution in [0.25, 0.3) is 0 Å². The van der Waals surface area contributed by atoms with Crippen LogP contribution in [-0.4, -0.2) is 30.5 Å². The summed E-state index contributed by atoms with van der Waals surface area (Å²) in [6, 6.07) is 8.05. The van der Waals surface area contributed by atoms with Crippen LogP contribution in [0.15, 0.2) is 24.3 Å². The highest BCUT2D eigenvalue weighted by molar-refractivity contribution is 5.26. The Morgan fingerprint density at radius 1 is 1.30 bits per heavy atom. The maximum absolute atomic E-state index is 8.71. The van der Waals surface area contributed by atoms with Gasteiger partial charge in [0.15, 0.2) is 0 Å². The van der Waals surface area contributed by atoms with Crippen molar-refractivity contribution in [3.63, 3.8) is 0 Å². The van der Waals surface area contributed by atoms with Crippen molar-refractivity contribution in [3.8, 4) is 17.6 Å². The molecule has 108 valence electrons. The topological polar surface area (TPSA) is 38.7 Å². The lowest BCUT2D eigenvalue weighted by Gasteiger charge is -2.27. The van der Waals surface area contributed by atoms with E-state index in [-0.39, 0.29) is 18.8 Å². The van der Waals surface area contributed by atoms with Gasteiger partial charge in [0.25, 0.3) is 0 Å². The van der Waals surface area contributed by atoms with E-state index in [1.807, 2.05) is 24.3 Å². The summed E-state index contributed by atoms with van der Waals surface area (Å²) in [5, 5.41) is 8.71. The molecule has 0 aromatic heterocycles. The molecule has 1 saturated heterocycles. The molecule has 0 spiro atoms. The third-order valence-corrected chi connectivity index (χ3v) is 3.31. The lowest BCUT2D eigenvalue weighted by Crippen LogP contribution is -2.31. The number of aryl methyl sites for hydroxylation is 1. The molecule has 1 aromatic rings. The molecule has 2 atom stereocenters. The lowest BCUT2D eigenvalue weighted by molar-refractivity contribution is -0.0419. The fraction of sp³-hybridized carbons (Fsp3) is 0.529. The van der Waals surface area contributed by atoms with Crippen molar-refractivity contribution in [2.75, 3.05) is 13.2 Å². The Labute approximate surface area is 120 Å². The normalized spacial score (nSPS) is 21.9. The van der Waals surface area contributed by atoms with E-state index in [0.29, 0.717) is 13.0 Å². The van der Waals surface area contributed by atoms with Crippen molar-refractivity contribution in [3.05, 3.63) is 29.8 Å². The van der Waals surface area contributed by atoms with E-state index in [2.05, 4.69) is 18.8 Å². The van der Waals surface area contributed by atoms with E-state index < -0.39 is 0 Å². The minimum atomic E-state index is -0.0121. The van der Waals surface area contributed by atoms with Crippen LogP contribution in [0.4, 0.5) is 0 Å². The molecule has 1 N–H and O–H groups in total. The maximum Gasteiger partial charge on any atom is 0.119 e. The molecular formula is C17H22O3. The zero-order valence-corrected chi connectivity index (χ0v) is 12.0. The standard InChI is InChI=1S/C17H22O3/c1-14-8-10-15(11-9-14)19-13-17-7-4-6-16(20-17)5-2-3-12-18/h8-11,16-18H,3-4,6-7,12-13H2,1H3/t16-,17+/m1/s1. The van der Waals surface area contributed by atoms with Crippen LogP contribution in [0, 0.1) is 18.8 Å². The van der Waals surface area contributed by atoms with Crippen LogP contribution >= 0.6 is 0 Å². The summed E-state index contributed by atoms with van der Waals surface area (Å²) < 4.78 is 11.7. The molecule has 0 unspecified atom stereocenters. The number of ether oxygens (including phenoxy) is 2. The Kier molecular flexibility index (Phi) is 5.91. The quantitative estimate of drug-likeness (QED) is 0.858. The summed E-state index contributed by atoms with van der Waals surface area (Å²) in [4.78, 5) is 0. The van der Waals surface area contributed by atoms with Gasteiger partial charge in [-0.2, -0.15) is 0 Å². The number of aliphatic hydroxyl groups is 1. The predicted octanol–water partition coefficient (Wildman–Crippen LogP) is 2.70. The van der Waals surface area contributed by atoms with Gasteiger partial charge in [-0.15, -0.1) is 0 Å². The van der Waals surface area contributed by atoms with Gasteiger partial charge in [-0.3, -0.25) is 0 Å². The molecule has 1 aliphatic heterocycles. The average molecular weight is 274 g/mol. The first-order chi connectivity index (χ1) is 9.78. The van der Waals surface area contributed by atoms with Crippen molar-refractivity contribution in [2.24, 2.45) is 0 Å². The highest BCUT2D eigenvalue weighted by Gasteiger charge is 2.21. The van der Waals surface area contributed by atoms with Gasteiger partial charge in [0.05, 0.1) is 12.7 Å². The van der Waals surface area contributed by atoms with Gasteiger partial charge in [-0.1, -0.05) is 29.5 Å². The molecular weight excluding hydrogens is 252 g/mol. The monoisotopic (exact) mass is 274 g/mol. The van der Waals surface area contributed by atoms with Crippen LogP contribution in [0.3, 0.4) is 0 Å². The van der Waals surface area contributed by atoms with Crippen LogP contribution in [-0.2, 0) is 4.74 Å². The van der Waals surface area contributed by atoms with E-state index in [1.165, 1.54) is 5.56 Å². The van der Waals surface area contributed by atoms with Gasteiger partial charge in [-0.05, 0) is 38.3 Å². The van der Waals surface area contributed by atoms with Crippen molar-refractivity contribution < 1.29 is 14.6 Å². The Morgan fingerprint density at radius 3 is 2.85 bits per heavy atom. The zero-order valence-electron chi connectivity index (χ0n) is 12.0. The molecule has 1 fully saturated rings. The molecule has 0 bridgehead atoms. The Hall–Kier alpha value is -1.50. The van der Waals surface area contributed by atoms with Crippen molar-refractivity contribution >= 4 is 0 Å². The zero-order chi connectivity index (χ0) is 14.2. The minimum absolute atomic E-state index is 0.0121. The fourth-order valence-electron chi connectivity index (χ4n) is 2.19. The van der Waals surface area contributed by atoms with Gasteiger partial charge in [0.1, 0.15) is 18.5 Å². The molecule has 1 heterocycles. The number of benzene rings is 1. The second-order valence-corrected chi connectivity index (χ2v) is 5.10. The first kappa shape index (κ1) is 14.9. The van der Waals surface area contributed by atoms with Crippen LogP contribution in [0.5, 0.6) is 5.75 Å². The summed E-state index contributed by atoms with van der Waals surface area (Å²) in [5.74, 6) is 6.89. The number of hydrogen-bond acceptors (Lipinski definition) is 3. The van der Waals surface area contributed by atoms with Crippen molar-refractivity contribution in [1.82, 2.24) is 0 Å². The number of hydrogen-bond donors (Lipinski definition) is 1. The van der Waals surface area contributed by atoms with E-state index in [4.69, 9.17) is 14.6 Å². The largest absolute Gasteiger partial charge is 0.491 e. The molecule has 0 amide bonds.